The van der Waals surface area contributed by atoms with Crippen molar-refractivity contribution >= 4 is 45.8 Å². The summed E-state index contributed by atoms with van der Waals surface area (Å²) in [5.41, 5.74) is 1.19. The topological polar surface area (TPSA) is 88.2 Å². The Hall–Kier alpha value is -3.13. The van der Waals surface area contributed by atoms with Gasteiger partial charge < -0.3 is 20.7 Å². The van der Waals surface area contributed by atoms with E-state index in [1.807, 2.05) is 39.0 Å². The van der Waals surface area contributed by atoms with Crippen molar-refractivity contribution in [3.05, 3.63) is 53.6 Å². The number of carbonyl (C=O) groups is 1. The van der Waals surface area contributed by atoms with E-state index in [9.17, 15) is 9.18 Å². The number of alkyl carbamates (subject to hydrolysis) is 1. The van der Waals surface area contributed by atoms with Crippen LogP contribution in [0.4, 0.5) is 26.4 Å². The van der Waals surface area contributed by atoms with Gasteiger partial charge in [0.15, 0.2) is 5.82 Å². The third-order valence-electron chi connectivity index (χ3n) is 3.96. The highest BCUT2D eigenvalue weighted by molar-refractivity contribution is 6.31. The Bertz CT molecular complexity index is 1060. The molecule has 1 aromatic heterocycles. The highest BCUT2D eigenvalue weighted by atomic mass is 35.5. The molecule has 158 valence electrons. The van der Waals surface area contributed by atoms with Gasteiger partial charge in [-0.25, -0.2) is 19.2 Å². The van der Waals surface area contributed by atoms with E-state index >= 15 is 0 Å². The van der Waals surface area contributed by atoms with Crippen LogP contribution in [0.2, 0.25) is 5.02 Å². The lowest BCUT2D eigenvalue weighted by Crippen LogP contribution is -2.34. The number of ether oxygens (including phenoxy) is 1. The molecule has 0 radical (unpaired) electrons. The summed E-state index contributed by atoms with van der Waals surface area (Å²) >= 11 is 5.86. The zero-order valence-electron chi connectivity index (χ0n) is 16.9. The summed E-state index contributed by atoms with van der Waals surface area (Å²) in [5.74, 6) is -0.0925. The summed E-state index contributed by atoms with van der Waals surface area (Å²) in [6, 6.07) is 10.3. The van der Waals surface area contributed by atoms with Gasteiger partial charge >= 0.3 is 6.09 Å². The molecule has 1 amide bonds. The van der Waals surface area contributed by atoms with Crippen molar-refractivity contribution in [1.29, 1.82) is 0 Å². The summed E-state index contributed by atoms with van der Waals surface area (Å²) in [5, 5.41) is 9.62. The van der Waals surface area contributed by atoms with Gasteiger partial charge in [-0.1, -0.05) is 17.7 Å². The zero-order chi connectivity index (χ0) is 21.7. The van der Waals surface area contributed by atoms with Crippen molar-refractivity contribution in [3.8, 4) is 0 Å². The molecule has 0 aliphatic carbocycles. The molecule has 3 rings (SSSR count). The van der Waals surface area contributed by atoms with Crippen LogP contribution in [-0.2, 0) is 4.74 Å². The highest BCUT2D eigenvalue weighted by Crippen LogP contribution is 2.29. The van der Waals surface area contributed by atoms with E-state index in [4.69, 9.17) is 16.3 Å². The molecule has 7 nitrogen and oxygen atoms in total. The lowest BCUT2D eigenvalue weighted by atomic mass is 10.2. The average Bonchev–Trinajstić information content (AvgIpc) is 2.68. The normalized spacial score (nSPS) is 11.2. The van der Waals surface area contributed by atoms with E-state index in [1.54, 1.807) is 12.1 Å². The minimum absolute atomic E-state index is 0.0261. The minimum Gasteiger partial charge on any atom is -0.444 e. The molecule has 1 heterocycles. The lowest BCUT2D eigenvalue weighted by molar-refractivity contribution is 0.0530. The number of amides is 1. The maximum Gasteiger partial charge on any atom is 0.407 e. The number of carbonyl (C=O) groups excluding carboxylic acids is 1. The number of benzene rings is 2. The van der Waals surface area contributed by atoms with Gasteiger partial charge in [0.05, 0.1) is 16.2 Å². The van der Waals surface area contributed by atoms with Crippen molar-refractivity contribution in [2.75, 3.05) is 23.7 Å². The maximum absolute atomic E-state index is 14.2. The van der Waals surface area contributed by atoms with Crippen LogP contribution < -0.4 is 16.0 Å². The SMILES string of the molecule is CC(C)(C)OC(=O)NCCNc1ccc2ncnc(Nc3cccc(Cl)c3F)c2c1. The molecule has 30 heavy (non-hydrogen) atoms. The first-order chi connectivity index (χ1) is 14.2. The Morgan fingerprint density at radius 3 is 2.73 bits per heavy atom. The molecule has 0 atom stereocenters. The molecular weight excluding hydrogens is 409 g/mol. The summed E-state index contributed by atoms with van der Waals surface area (Å²) in [6.45, 7) is 6.30. The average molecular weight is 432 g/mol. The van der Waals surface area contributed by atoms with Crippen molar-refractivity contribution < 1.29 is 13.9 Å². The number of hydrogen-bond donors (Lipinski definition) is 3. The zero-order valence-corrected chi connectivity index (χ0v) is 17.7. The Morgan fingerprint density at radius 2 is 1.97 bits per heavy atom. The quantitative estimate of drug-likeness (QED) is 0.470. The fourth-order valence-corrected chi connectivity index (χ4v) is 2.85. The van der Waals surface area contributed by atoms with Crippen molar-refractivity contribution in [3.63, 3.8) is 0 Å². The molecule has 0 spiro atoms. The summed E-state index contributed by atoms with van der Waals surface area (Å²) in [4.78, 5) is 20.2. The monoisotopic (exact) mass is 431 g/mol. The van der Waals surface area contributed by atoms with E-state index in [2.05, 4.69) is 25.9 Å². The summed E-state index contributed by atoms with van der Waals surface area (Å²) < 4.78 is 19.4. The Kier molecular flexibility index (Phi) is 6.56. The van der Waals surface area contributed by atoms with Crippen LogP contribution in [0.25, 0.3) is 10.9 Å². The van der Waals surface area contributed by atoms with Gasteiger partial charge in [-0.2, -0.15) is 0 Å². The first-order valence-corrected chi connectivity index (χ1v) is 9.77. The molecule has 0 saturated heterocycles. The number of nitrogens with zero attached hydrogens (tertiary/aromatic N) is 2. The van der Waals surface area contributed by atoms with Crippen molar-refractivity contribution in [2.24, 2.45) is 0 Å². The fraction of sp³-hybridized carbons (Fsp3) is 0.286. The van der Waals surface area contributed by atoms with Crippen LogP contribution in [0.3, 0.4) is 0 Å². The second kappa shape index (κ2) is 9.13. The number of halogens is 2. The second-order valence-corrected chi connectivity index (χ2v) is 7.94. The van der Waals surface area contributed by atoms with Crippen LogP contribution >= 0.6 is 11.6 Å². The van der Waals surface area contributed by atoms with Gasteiger partial charge in [0.2, 0.25) is 0 Å². The molecule has 0 aliphatic heterocycles. The van der Waals surface area contributed by atoms with Crippen molar-refractivity contribution in [2.45, 2.75) is 26.4 Å². The van der Waals surface area contributed by atoms with E-state index in [1.165, 1.54) is 12.4 Å². The Morgan fingerprint density at radius 1 is 1.17 bits per heavy atom. The Balaban J connectivity index is 1.69. The van der Waals surface area contributed by atoms with E-state index < -0.39 is 17.5 Å². The van der Waals surface area contributed by atoms with E-state index in [0.717, 1.165) is 5.69 Å². The van der Waals surface area contributed by atoms with Crippen LogP contribution in [-0.4, -0.2) is 34.8 Å². The summed E-state index contributed by atoms with van der Waals surface area (Å²) in [7, 11) is 0. The predicted octanol–water partition coefficient (Wildman–Crippen LogP) is 5.10. The fourth-order valence-electron chi connectivity index (χ4n) is 2.68. The highest BCUT2D eigenvalue weighted by Gasteiger charge is 2.15. The van der Waals surface area contributed by atoms with Gasteiger partial charge in [-0.05, 0) is 51.1 Å². The van der Waals surface area contributed by atoms with Crippen LogP contribution in [0.5, 0.6) is 0 Å². The summed E-state index contributed by atoms with van der Waals surface area (Å²) in [6.07, 6.45) is 0.941. The molecule has 3 N–H and O–H groups in total. The first-order valence-electron chi connectivity index (χ1n) is 9.39. The van der Waals surface area contributed by atoms with Gasteiger partial charge in [0.25, 0.3) is 0 Å². The number of anilines is 3. The van der Waals surface area contributed by atoms with Crippen molar-refractivity contribution in [1.82, 2.24) is 15.3 Å². The van der Waals surface area contributed by atoms with Crippen LogP contribution in [0, 0.1) is 5.82 Å². The molecule has 0 bridgehead atoms. The van der Waals surface area contributed by atoms with Gasteiger partial charge in [-0.3, -0.25) is 0 Å². The molecule has 3 aromatic rings. The van der Waals surface area contributed by atoms with Crippen LogP contribution in [0.1, 0.15) is 20.8 Å². The molecular formula is C21H23ClFN5O2. The van der Waals surface area contributed by atoms with E-state index in [0.29, 0.717) is 29.8 Å². The number of rotatable bonds is 6. The third kappa shape index (κ3) is 5.70. The predicted molar refractivity (Wildman–Crippen MR) is 117 cm³/mol. The van der Waals surface area contributed by atoms with E-state index in [-0.39, 0.29) is 10.7 Å². The first kappa shape index (κ1) is 21.6. The van der Waals surface area contributed by atoms with Gasteiger partial charge in [-0.15, -0.1) is 0 Å². The largest absolute Gasteiger partial charge is 0.444 e. The van der Waals surface area contributed by atoms with Gasteiger partial charge in [0, 0.05) is 24.2 Å². The third-order valence-corrected chi connectivity index (χ3v) is 4.25. The molecule has 9 heteroatoms. The molecule has 2 aromatic carbocycles. The number of fused-ring (bicyclic) bond motifs is 1. The standard InChI is InChI=1S/C21H23ClFN5O2/c1-21(2,3)30-20(29)25-10-9-24-13-7-8-16-14(11-13)19(27-12-26-16)28-17-6-4-5-15(22)18(17)23/h4-8,11-12,24H,9-10H2,1-3H3,(H,25,29)(H,26,27,28). The molecule has 0 saturated carbocycles. The molecule has 0 fully saturated rings. The molecule has 0 aliphatic rings. The minimum atomic E-state index is -0.548. The van der Waals surface area contributed by atoms with Gasteiger partial charge in [0.1, 0.15) is 17.7 Å². The maximum atomic E-state index is 14.2. The smallest absolute Gasteiger partial charge is 0.407 e. The van der Waals surface area contributed by atoms with Crippen LogP contribution in [0.15, 0.2) is 42.7 Å². The number of hydrogen-bond acceptors (Lipinski definition) is 6. The Labute approximate surface area is 179 Å². The second-order valence-electron chi connectivity index (χ2n) is 7.54. The number of aromatic nitrogens is 2. The number of nitrogens with one attached hydrogen (secondary N) is 3. The lowest BCUT2D eigenvalue weighted by Gasteiger charge is -2.19. The molecule has 0 unspecified atom stereocenters.